The Morgan fingerprint density at radius 3 is 2.20 bits per heavy atom. The summed E-state index contributed by atoms with van der Waals surface area (Å²) in [4.78, 5) is 10.8. The molecule has 2 aromatic carbocycles. The molecule has 3 fully saturated rings. The van der Waals surface area contributed by atoms with Crippen LogP contribution in [-0.4, -0.2) is 11.5 Å². The summed E-state index contributed by atoms with van der Waals surface area (Å²) in [5.74, 6) is 3.12. The number of carbonyl (C=O) groups excluding carboxylic acids is 1. The van der Waals surface area contributed by atoms with Gasteiger partial charge in [0, 0.05) is 28.6 Å². The highest BCUT2D eigenvalue weighted by Crippen LogP contribution is 2.67. The maximum Gasteiger partial charge on any atom is 0.128 e. The van der Waals surface area contributed by atoms with Gasteiger partial charge in [0.15, 0.2) is 0 Å². The zero-order chi connectivity index (χ0) is 37.7. The maximum atomic E-state index is 13.8. The molecular formula is C46H63FN2O. The van der Waals surface area contributed by atoms with Crippen molar-refractivity contribution in [1.82, 2.24) is 0 Å². The minimum Gasteiger partial charge on any atom is -0.325 e. The second-order valence-electron chi connectivity index (χ2n) is 14.4. The first-order valence-corrected chi connectivity index (χ1v) is 18.5. The molecule has 6 unspecified atom stereocenters. The molecule has 7 atom stereocenters. The Bertz CT molecular complexity index is 1560. The largest absolute Gasteiger partial charge is 0.325 e. The van der Waals surface area contributed by atoms with Crippen molar-refractivity contribution in [2.24, 2.45) is 40.1 Å². The highest BCUT2D eigenvalue weighted by atomic mass is 19.1. The molecule has 3 saturated carbocycles. The first-order valence-electron chi connectivity index (χ1n) is 18.5. The standard InChI is InChI=1S/C25H35NO.C17H20FN.C2H6.C2H2/c1-6-14-23(4)19(9-8-17-27)12-16-25(26)21-11-10-20(18(3)7-2)24(21,5)15-13-22(23)25;1-3-13-4-6-14(7-5-13)10-15-8-9-16(12(2)19)17(18)11-15;2*1-2/h6-9,14,20-22H,2-3,10-13,15-16,26H2,1,4-5H3;4-9,11-12H,3,10,19H2,1-2H3;1-2H3;1-2H/b14-6-,19-9-;;;/t;12-;;/m.1../s1. The summed E-state index contributed by atoms with van der Waals surface area (Å²) in [5.41, 5.74) is 19.6. The molecule has 4 heteroatoms. The fourth-order valence-electron chi connectivity index (χ4n) is 9.38. The first-order chi connectivity index (χ1) is 23.9. The number of aryl methyl sites for hydroxylation is 1. The Labute approximate surface area is 303 Å². The summed E-state index contributed by atoms with van der Waals surface area (Å²) in [5, 5.41) is 0. The summed E-state index contributed by atoms with van der Waals surface area (Å²) in [6.45, 7) is 23.1. The highest BCUT2D eigenvalue weighted by molar-refractivity contribution is 5.50. The van der Waals surface area contributed by atoms with Crippen molar-refractivity contribution in [2.45, 2.75) is 111 Å². The van der Waals surface area contributed by atoms with Crippen LogP contribution < -0.4 is 11.5 Å². The summed E-state index contributed by atoms with van der Waals surface area (Å²) in [6, 6.07) is 13.5. The van der Waals surface area contributed by atoms with Gasteiger partial charge in [-0.15, -0.1) is 12.8 Å². The predicted octanol–water partition coefficient (Wildman–Crippen LogP) is 10.8. The quantitative estimate of drug-likeness (QED) is 0.126. The van der Waals surface area contributed by atoms with Crippen LogP contribution >= 0.6 is 0 Å². The maximum absolute atomic E-state index is 13.8. The fourth-order valence-corrected chi connectivity index (χ4v) is 9.38. The van der Waals surface area contributed by atoms with E-state index in [0.29, 0.717) is 23.3 Å². The lowest BCUT2D eigenvalue weighted by molar-refractivity contribution is -0.0486. The minimum atomic E-state index is -0.266. The van der Waals surface area contributed by atoms with Crippen molar-refractivity contribution in [3.05, 3.63) is 125 Å². The van der Waals surface area contributed by atoms with Gasteiger partial charge < -0.3 is 11.5 Å². The molecule has 3 aliphatic carbocycles. The van der Waals surface area contributed by atoms with E-state index < -0.39 is 0 Å². The molecule has 0 radical (unpaired) electrons. The summed E-state index contributed by atoms with van der Waals surface area (Å²) in [7, 11) is 0. The lowest BCUT2D eigenvalue weighted by atomic mass is 9.45. The van der Waals surface area contributed by atoms with Crippen molar-refractivity contribution in [3.63, 3.8) is 0 Å². The number of benzene rings is 2. The van der Waals surface area contributed by atoms with Crippen LogP contribution in [0, 0.1) is 47.2 Å². The molecule has 3 aliphatic rings. The second kappa shape index (κ2) is 19.0. The predicted molar refractivity (Wildman–Crippen MR) is 213 cm³/mol. The molecule has 0 amide bonds. The zero-order valence-electron chi connectivity index (χ0n) is 31.9. The average Bonchev–Trinajstić information content (AvgIpc) is 3.48. The Hall–Kier alpha value is -3.74. The van der Waals surface area contributed by atoms with Gasteiger partial charge in [-0.2, -0.15) is 0 Å². The van der Waals surface area contributed by atoms with Crippen LogP contribution in [-0.2, 0) is 17.6 Å². The highest BCUT2D eigenvalue weighted by Gasteiger charge is 2.63. The monoisotopic (exact) mass is 678 g/mol. The Balaban J connectivity index is 0.000000331. The molecule has 0 aromatic heterocycles. The molecule has 270 valence electrons. The number of nitrogens with two attached hydrogens (primary N) is 2. The lowest BCUT2D eigenvalue weighted by Crippen LogP contribution is -2.66. The number of fused-ring (bicyclic) bond motifs is 3. The number of halogens is 1. The third-order valence-corrected chi connectivity index (χ3v) is 11.8. The molecule has 5 rings (SSSR count). The topological polar surface area (TPSA) is 69.1 Å². The molecule has 4 N–H and O–H groups in total. The van der Waals surface area contributed by atoms with Gasteiger partial charge in [0.2, 0.25) is 0 Å². The van der Waals surface area contributed by atoms with Gasteiger partial charge in [0.1, 0.15) is 11.8 Å². The van der Waals surface area contributed by atoms with Crippen LogP contribution in [0.1, 0.15) is 115 Å². The second-order valence-corrected chi connectivity index (χ2v) is 14.4. The van der Waals surface area contributed by atoms with E-state index >= 15 is 0 Å². The number of hydrogen-bond donors (Lipinski definition) is 2. The first kappa shape index (κ1) is 42.4. The third kappa shape index (κ3) is 8.94. The van der Waals surface area contributed by atoms with Gasteiger partial charge in [-0.05, 0) is 111 Å². The van der Waals surface area contributed by atoms with Crippen LogP contribution in [0.15, 0.2) is 97.1 Å². The normalized spacial score (nSPS) is 29.3. The van der Waals surface area contributed by atoms with E-state index in [4.69, 9.17) is 11.5 Å². The number of rotatable bonds is 8. The van der Waals surface area contributed by atoms with Crippen molar-refractivity contribution in [3.8, 4) is 12.8 Å². The van der Waals surface area contributed by atoms with Crippen molar-refractivity contribution < 1.29 is 9.18 Å². The zero-order valence-corrected chi connectivity index (χ0v) is 31.9. The molecule has 3 nitrogen and oxygen atoms in total. The van der Waals surface area contributed by atoms with Gasteiger partial charge in [0.05, 0.1) is 0 Å². The third-order valence-electron chi connectivity index (χ3n) is 11.8. The van der Waals surface area contributed by atoms with Crippen molar-refractivity contribution >= 4 is 5.94 Å². The Morgan fingerprint density at radius 2 is 1.66 bits per heavy atom. The van der Waals surface area contributed by atoms with E-state index in [2.05, 4.69) is 90.1 Å². The molecule has 0 heterocycles. The van der Waals surface area contributed by atoms with Gasteiger partial charge in [-0.3, -0.25) is 0 Å². The van der Waals surface area contributed by atoms with Crippen LogP contribution in [0.5, 0.6) is 0 Å². The number of allylic oxidation sites excluding steroid dienone is 7. The van der Waals surface area contributed by atoms with Crippen LogP contribution in [0.3, 0.4) is 0 Å². The molecule has 0 spiro atoms. The van der Waals surface area contributed by atoms with Crippen molar-refractivity contribution in [2.75, 3.05) is 0 Å². The molecule has 50 heavy (non-hydrogen) atoms. The number of terminal acetylenes is 1. The molecule has 0 bridgehead atoms. The Morgan fingerprint density at radius 1 is 1.04 bits per heavy atom. The molecular weight excluding hydrogens is 616 g/mol. The summed E-state index contributed by atoms with van der Waals surface area (Å²) in [6.07, 6.45) is 26.3. The van der Waals surface area contributed by atoms with E-state index in [1.165, 1.54) is 47.6 Å². The van der Waals surface area contributed by atoms with E-state index in [-0.39, 0.29) is 28.2 Å². The van der Waals surface area contributed by atoms with E-state index in [0.717, 1.165) is 37.7 Å². The summed E-state index contributed by atoms with van der Waals surface area (Å²) < 4.78 is 13.8. The smallest absolute Gasteiger partial charge is 0.128 e. The number of hydrogen-bond acceptors (Lipinski definition) is 3. The molecule has 0 aliphatic heterocycles. The van der Waals surface area contributed by atoms with E-state index in [1.807, 2.05) is 38.0 Å². The average molecular weight is 679 g/mol. The van der Waals surface area contributed by atoms with Crippen molar-refractivity contribution in [1.29, 1.82) is 0 Å². The summed E-state index contributed by atoms with van der Waals surface area (Å²) >= 11 is 0. The van der Waals surface area contributed by atoms with Gasteiger partial charge in [0.25, 0.3) is 0 Å². The van der Waals surface area contributed by atoms with E-state index in [1.54, 1.807) is 19.1 Å². The van der Waals surface area contributed by atoms with Gasteiger partial charge in [-0.1, -0.05) is 120 Å². The minimum absolute atomic E-state index is 0.0933. The van der Waals surface area contributed by atoms with Gasteiger partial charge in [-0.25, -0.2) is 9.18 Å². The van der Waals surface area contributed by atoms with Crippen LogP contribution in [0.25, 0.3) is 0 Å². The van der Waals surface area contributed by atoms with Crippen LogP contribution in [0.4, 0.5) is 4.39 Å². The SMILES string of the molecule is C#C.C=CC(=C)C1CCC2C1(C)CCC1C(C)(/C=C\C)/C(=C\C=C=O)CCC12N.CC.CCc1ccc(Cc2ccc([C@@H](C)N)c(F)c2)cc1. The van der Waals surface area contributed by atoms with Gasteiger partial charge >= 0.3 is 0 Å². The molecule has 2 aromatic rings. The van der Waals surface area contributed by atoms with Crippen LogP contribution in [0.2, 0.25) is 0 Å². The lowest BCUT2D eigenvalue weighted by Gasteiger charge is -2.62. The van der Waals surface area contributed by atoms with E-state index in [9.17, 15) is 9.18 Å². The fraction of sp³-hybridized carbons (Fsp3) is 0.478. The Kier molecular flexibility index (Phi) is 16.1. The molecule has 0 saturated heterocycles.